The third-order valence-corrected chi connectivity index (χ3v) is 2.20. The van der Waals surface area contributed by atoms with E-state index in [9.17, 15) is 5.11 Å². The van der Waals surface area contributed by atoms with Crippen LogP contribution in [0.1, 0.15) is 31.9 Å². The van der Waals surface area contributed by atoms with Gasteiger partial charge in [0.05, 0.1) is 5.69 Å². The predicted molar refractivity (Wildman–Crippen MR) is 56.0 cm³/mol. The molecule has 0 heterocycles. The molecule has 2 nitrogen and oxygen atoms in total. The maximum Gasteiger partial charge on any atom is 0.141 e. The lowest BCUT2D eigenvalue weighted by atomic mass is 9.86. The van der Waals surface area contributed by atoms with E-state index >= 15 is 0 Å². The summed E-state index contributed by atoms with van der Waals surface area (Å²) in [4.78, 5) is 0. The summed E-state index contributed by atoms with van der Waals surface area (Å²) in [5.41, 5.74) is 8.20. The Morgan fingerprint density at radius 2 is 1.77 bits per heavy atom. The van der Waals surface area contributed by atoms with Crippen LogP contribution in [0.3, 0.4) is 0 Å². The smallest absolute Gasteiger partial charge is 0.141 e. The normalized spacial score (nSPS) is 11.7. The van der Waals surface area contributed by atoms with Crippen molar-refractivity contribution >= 4 is 5.69 Å². The maximum absolute atomic E-state index is 9.47. The minimum absolute atomic E-state index is 0.0760. The lowest BCUT2D eigenvalue weighted by Crippen LogP contribution is -2.11. The van der Waals surface area contributed by atoms with E-state index < -0.39 is 0 Å². The number of phenols is 1. The minimum atomic E-state index is 0.0760. The second-order valence-corrected chi connectivity index (χ2v) is 4.48. The summed E-state index contributed by atoms with van der Waals surface area (Å²) in [6.07, 6.45) is 0. The molecular weight excluding hydrogens is 162 g/mol. The number of nitrogen functional groups attached to an aromatic ring is 1. The molecule has 0 aliphatic rings. The number of benzene rings is 1. The Hall–Kier alpha value is -1.18. The summed E-state index contributed by atoms with van der Waals surface area (Å²) in [6.45, 7) is 8.23. The SMILES string of the molecule is Cc1cc(C(C)(C)C)cc(N)c1O. The van der Waals surface area contributed by atoms with Crippen LogP contribution in [0.15, 0.2) is 12.1 Å². The van der Waals surface area contributed by atoms with Crippen LogP contribution in [0, 0.1) is 6.92 Å². The highest BCUT2D eigenvalue weighted by Crippen LogP contribution is 2.31. The Labute approximate surface area is 79.4 Å². The molecule has 0 aliphatic carbocycles. The van der Waals surface area contributed by atoms with Gasteiger partial charge in [0.2, 0.25) is 0 Å². The number of rotatable bonds is 0. The molecule has 0 atom stereocenters. The lowest BCUT2D eigenvalue weighted by Gasteiger charge is -2.20. The van der Waals surface area contributed by atoms with Gasteiger partial charge in [-0.2, -0.15) is 0 Å². The fourth-order valence-electron chi connectivity index (χ4n) is 1.24. The third-order valence-electron chi connectivity index (χ3n) is 2.20. The van der Waals surface area contributed by atoms with E-state index in [1.165, 1.54) is 0 Å². The van der Waals surface area contributed by atoms with E-state index in [1.807, 2.05) is 19.1 Å². The molecule has 0 spiro atoms. The van der Waals surface area contributed by atoms with Gasteiger partial charge in [0.15, 0.2) is 0 Å². The number of hydrogen-bond donors (Lipinski definition) is 2. The second kappa shape index (κ2) is 2.95. The fourth-order valence-corrected chi connectivity index (χ4v) is 1.24. The monoisotopic (exact) mass is 179 g/mol. The topological polar surface area (TPSA) is 46.2 Å². The molecule has 2 heteroatoms. The Morgan fingerprint density at radius 1 is 1.23 bits per heavy atom. The van der Waals surface area contributed by atoms with Crippen LogP contribution in [0.25, 0.3) is 0 Å². The molecule has 0 aromatic heterocycles. The van der Waals surface area contributed by atoms with Crippen LogP contribution in [-0.4, -0.2) is 5.11 Å². The molecular formula is C11H17NO. The molecule has 1 aromatic carbocycles. The molecule has 1 rings (SSSR count). The second-order valence-electron chi connectivity index (χ2n) is 4.48. The molecule has 0 amide bonds. The maximum atomic E-state index is 9.47. The molecule has 3 N–H and O–H groups in total. The Kier molecular flexibility index (Phi) is 2.24. The summed E-state index contributed by atoms with van der Waals surface area (Å²) >= 11 is 0. The van der Waals surface area contributed by atoms with Crippen LogP contribution < -0.4 is 5.73 Å². The Balaban J connectivity index is 3.29. The van der Waals surface area contributed by atoms with Crippen LogP contribution in [0.2, 0.25) is 0 Å². The summed E-state index contributed by atoms with van der Waals surface area (Å²) in [5.74, 6) is 0.202. The first-order chi connectivity index (χ1) is 5.82. The first-order valence-corrected chi connectivity index (χ1v) is 4.42. The Bertz CT molecular complexity index is 300. The van der Waals surface area contributed by atoms with Crippen LogP contribution in [0.5, 0.6) is 5.75 Å². The number of aromatic hydroxyl groups is 1. The minimum Gasteiger partial charge on any atom is -0.506 e. The number of nitrogens with two attached hydrogens (primary N) is 1. The van der Waals surface area contributed by atoms with E-state index in [1.54, 1.807) is 0 Å². The molecule has 1 aromatic rings. The highest BCUT2D eigenvalue weighted by Gasteiger charge is 2.15. The van der Waals surface area contributed by atoms with Crippen molar-refractivity contribution < 1.29 is 5.11 Å². The van der Waals surface area contributed by atoms with Crippen LogP contribution in [-0.2, 0) is 5.41 Å². The molecule has 0 bridgehead atoms. The van der Waals surface area contributed by atoms with Gasteiger partial charge in [-0.3, -0.25) is 0 Å². The van der Waals surface area contributed by atoms with E-state index in [2.05, 4.69) is 20.8 Å². The van der Waals surface area contributed by atoms with Gasteiger partial charge in [-0.1, -0.05) is 26.8 Å². The van der Waals surface area contributed by atoms with Crippen molar-refractivity contribution in [3.05, 3.63) is 23.3 Å². The van der Waals surface area contributed by atoms with Gasteiger partial charge in [-0.25, -0.2) is 0 Å². The highest BCUT2D eigenvalue weighted by molar-refractivity contribution is 5.58. The molecule has 0 aliphatic heterocycles. The lowest BCUT2D eigenvalue weighted by molar-refractivity contribution is 0.472. The number of phenolic OH excluding ortho intramolecular Hbond substituents is 1. The van der Waals surface area contributed by atoms with Crippen LogP contribution in [0.4, 0.5) is 5.69 Å². The van der Waals surface area contributed by atoms with Crippen molar-refractivity contribution in [3.8, 4) is 5.75 Å². The zero-order chi connectivity index (χ0) is 10.2. The predicted octanol–water partition coefficient (Wildman–Crippen LogP) is 2.58. The quantitative estimate of drug-likeness (QED) is 0.475. The van der Waals surface area contributed by atoms with E-state index in [4.69, 9.17) is 5.73 Å². The molecule has 0 fully saturated rings. The van der Waals surface area contributed by atoms with Gasteiger partial charge in [-0.05, 0) is 29.5 Å². The third kappa shape index (κ3) is 1.94. The van der Waals surface area contributed by atoms with E-state index in [0.717, 1.165) is 11.1 Å². The van der Waals surface area contributed by atoms with E-state index in [-0.39, 0.29) is 11.2 Å². The van der Waals surface area contributed by atoms with Gasteiger partial charge in [-0.15, -0.1) is 0 Å². The van der Waals surface area contributed by atoms with Gasteiger partial charge in [0, 0.05) is 0 Å². The average molecular weight is 179 g/mol. The fraction of sp³-hybridized carbons (Fsp3) is 0.455. The van der Waals surface area contributed by atoms with Crippen molar-refractivity contribution in [1.82, 2.24) is 0 Å². The summed E-state index contributed by atoms with van der Waals surface area (Å²) in [7, 11) is 0. The summed E-state index contributed by atoms with van der Waals surface area (Å²) < 4.78 is 0. The molecule has 72 valence electrons. The van der Waals surface area contributed by atoms with Crippen molar-refractivity contribution in [3.63, 3.8) is 0 Å². The first kappa shape index (κ1) is 9.90. The van der Waals surface area contributed by atoms with Gasteiger partial charge >= 0.3 is 0 Å². The number of aryl methyl sites for hydroxylation is 1. The molecule has 0 unspecified atom stereocenters. The molecule has 0 saturated heterocycles. The van der Waals surface area contributed by atoms with Crippen molar-refractivity contribution in [1.29, 1.82) is 0 Å². The molecule has 0 saturated carbocycles. The highest BCUT2D eigenvalue weighted by atomic mass is 16.3. The number of hydrogen-bond acceptors (Lipinski definition) is 2. The molecule has 0 radical (unpaired) electrons. The number of anilines is 1. The van der Waals surface area contributed by atoms with Crippen molar-refractivity contribution in [2.24, 2.45) is 0 Å². The van der Waals surface area contributed by atoms with Gasteiger partial charge in [0.25, 0.3) is 0 Å². The van der Waals surface area contributed by atoms with Gasteiger partial charge in [0.1, 0.15) is 5.75 Å². The molecule has 13 heavy (non-hydrogen) atoms. The van der Waals surface area contributed by atoms with Crippen LogP contribution >= 0.6 is 0 Å². The largest absolute Gasteiger partial charge is 0.506 e. The summed E-state index contributed by atoms with van der Waals surface area (Å²) in [5, 5.41) is 9.47. The standard InChI is InChI=1S/C11H17NO/c1-7-5-8(11(2,3)4)6-9(12)10(7)13/h5-6,13H,12H2,1-4H3. The summed E-state index contributed by atoms with van der Waals surface area (Å²) in [6, 6.07) is 3.81. The van der Waals surface area contributed by atoms with Crippen molar-refractivity contribution in [2.75, 3.05) is 5.73 Å². The Morgan fingerprint density at radius 3 is 2.15 bits per heavy atom. The zero-order valence-corrected chi connectivity index (χ0v) is 8.68. The van der Waals surface area contributed by atoms with E-state index in [0.29, 0.717) is 5.69 Å². The van der Waals surface area contributed by atoms with Crippen molar-refractivity contribution in [2.45, 2.75) is 33.1 Å². The average Bonchev–Trinajstić information content (AvgIpc) is 1.97. The first-order valence-electron chi connectivity index (χ1n) is 4.42. The zero-order valence-electron chi connectivity index (χ0n) is 8.68. The van der Waals surface area contributed by atoms with Gasteiger partial charge < -0.3 is 10.8 Å².